The Morgan fingerprint density at radius 1 is 0.857 bits per heavy atom. The van der Waals surface area contributed by atoms with Gasteiger partial charge in [0.2, 0.25) is 0 Å². The lowest BCUT2D eigenvalue weighted by atomic mass is 9.80. The molecule has 1 saturated carbocycles. The fourth-order valence-corrected chi connectivity index (χ4v) is 3.78. The first kappa shape index (κ1) is 14.7. The van der Waals surface area contributed by atoms with Gasteiger partial charge in [-0.05, 0) is 36.6 Å². The Hall–Kier alpha value is -1.18. The quantitative estimate of drug-likeness (QED) is 0.717. The summed E-state index contributed by atoms with van der Waals surface area (Å²) in [5.41, 5.74) is 2.43. The molecule has 21 heavy (non-hydrogen) atoms. The third-order valence-electron chi connectivity index (χ3n) is 4.21. The van der Waals surface area contributed by atoms with E-state index >= 15 is 0 Å². The Labute approximate surface area is 136 Å². The van der Waals surface area contributed by atoms with Gasteiger partial charge in [-0.3, -0.25) is 0 Å². The minimum Gasteiger partial charge on any atom is -0.382 e. The van der Waals surface area contributed by atoms with Gasteiger partial charge >= 0.3 is 0 Å². The zero-order valence-electron chi connectivity index (χ0n) is 11.9. The molecule has 0 radical (unpaired) electrons. The highest BCUT2D eigenvalue weighted by Gasteiger charge is 2.26. The highest BCUT2D eigenvalue weighted by Crippen LogP contribution is 2.35. The lowest BCUT2D eigenvalue weighted by Crippen LogP contribution is -2.30. The smallest absolute Gasteiger partial charge is 0.0441 e. The molecule has 2 aromatic carbocycles. The van der Waals surface area contributed by atoms with Gasteiger partial charge in [-0.15, -0.1) is 0 Å². The van der Waals surface area contributed by atoms with Gasteiger partial charge in [-0.2, -0.15) is 0 Å². The predicted molar refractivity (Wildman–Crippen MR) is 91.5 cm³/mol. The maximum absolute atomic E-state index is 6.10. The monoisotopic (exact) mass is 319 g/mol. The molecule has 0 bridgehead atoms. The predicted octanol–water partition coefficient (Wildman–Crippen LogP) is 6.13. The van der Waals surface area contributed by atoms with Crippen molar-refractivity contribution in [1.29, 1.82) is 0 Å². The molecule has 0 aromatic heterocycles. The molecular weight excluding hydrogens is 301 g/mol. The Bertz CT molecular complexity index is 577. The Morgan fingerprint density at radius 2 is 1.52 bits per heavy atom. The van der Waals surface area contributed by atoms with E-state index in [0.29, 0.717) is 22.0 Å². The normalized spacial score (nSPS) is 22.0. The molecule has 0 saturated heterocycles. The molecule has 1 nitrogen and oxygen atoms in total. The Morgan fingerprint density at radius 3 is 2.24 bits per heavy atom. The number of rotatable bonds is 3. The molecule has 3 heteroatoms. The minimum absolute atomic E-state index is 0.440. The van der Waals surface area contributed by atoms with Crippen LogP contribution in [0.25, 0.3) is 0 Å². The summed E-state index contributed by atoms with van der Waals surface area (Å²) in [6.07, 6.45) is 4.99. The molecule has 1 fully saturated rings. The number of hydrogen-bond donors (Lipinski definition) is 1. The summed E-state index contributed by atoms with van der Waals surface area (Å²) in [5, 5.41) is 5.00. The van der Waals surface area contributed by atoms with E-state index < -0.39 is 0 Å². The van der Waals surface area contributed by atoms with E-state index in [9.17, 15) is 0 Å². The van der Waals surface area contributed by atoms with Crippen molar-refractivity contribution in [1.82, 2.24) is 0 Å². The van der Waals surface area contributed by atoms with Crippen LogP contribution in [0.15, 0.2) is 48.5 Å². The molecule has 0 aliphatic heterocycles. The van der Waals surface area contributed by atoms with Crippen LogP contribution in [-0.4, -0.2) is 6.04 Å². The average molecular weight is 320 g/mol. The first-order chi connectivity index (χ1) is 10.2. The van der Waals surface area contributed by atoms with E-state index in [-0.39, 0.29) is 0 Å². The van der Waals surface area contributed by atoms with Crippen molar-refractivity contribution < 1.29 is 0 Å². The molecule has 2 aromatic rings. The van der Waals surface area contributed by atoms with Gasteiger partial charge < -0.3 is 5.32 Å². The molecule has 1 N–H and O–H groups in total. The van der Waals surface area contributed by atoms with Gasteiger partial charge in [0.25, 0.3) is 0 Å². The molecule has 1 aliphatic carbocycles. The standard InChI is InChI=1S/C18H19Cl2N/c19-14-10-15(20)12-16(11-14)21-18-9-5-4-8-17(18)13-6-2-1-3-7-13/h1-3,6-7,10-12,17-18,21H,4-5,8-9H2. The molecule has 2 atom stereocenters. The Balaban J connectivity index is 1.81. The van der Waals surface area contributed by atoms with Crippen molar-refractivity contribution in [2.75, 3.05) is 5.32 Å². The van der Waals surface area contributed by atoms with Crippen LogP contribution in [0, 0.1) is 0 Å². The van der Waals surface area contributed by atoms with Crippen LogP contribution >= 0.6 is 23.2 Å². The molecule has 3 rings (SSSR count). The van der Waals surface area contributed by atoms with Crippen molar-refractivity contribution >= 4 is 28.9 Å². The number of halogens is 2. The number of nitrogens with one attached hydrogen (secondary N) is 1. The second-order valence-electron chi connectivity index (χ2n) is 5.71. The lowest BCUT2D eigenvalue weighted by molar-refractivity contribution is 0.405. The second kappa shape index (κ2) is 6.72. The zero-order valence-corrected chi connectivity index (χ0v) is 13.4. The topological polar surface area (TPSA) is 12.0 Å². The SMILES string of the molecule is Clc1cc(Cl)cc(NC2CCCCC2c2ccccc2)c1. The van der Waals surface area contributed by atoms with Crippen LogP contribution in [0.5, 0.6) is 0 Å². The average Bonchev–Trinajstić information content (AvgIpc) is 2.48. The van der Waals surface area contributed by atoms with E-state index in [1.807, 2.05) is 12.1 Å². The Kier molecular flexibility index (Phi) is 4.72. The van der Waals surface area contributed by atoms with E-state index in [1.54, 1.807) is 6.07 Å². The number of anilines is 1. The molecule has 1 aliphatic rings. The van der Waals surface area contributed by atoms with Gasteiger partial charge in [0, 0.05) is 27.7 Å². The van der Waals surface area contributed by atoms with Crippen molar-refractivity contribution in [3.05, 3.63) is 64.1 Å². The highest BCUT2D eigenvalue weighted by molar-refractivity contribution is 6.35. The highest BCUT2D eigenvalue weighted by atomic mass is 35.5. The fourth-order valence-electron chi connectivity index (χ4n) is 3.25. The fraction of sp³-hybridized carbons (Fsp3) is 0.333. The molecule has 0 amide bonds. The largest absolute Gasteiger partial charge is 0.382 e. The summed E-state index contributed by atoms with van der Waals surface area (Å²) in [4.78, 5) is 0. The van der Waals surface area contributed by atoms with Crippen molar-refractivity contribution in [3.63, 3.8) is 0 Å². The number of hydrogen-bond acceptors (Lipinski definition) is 1. The number of benzene rings is 2. The summed E-state index contributed by atoms with van der Waals surface area (Å²) in [6.45, 7) is 0. The third-order valence-corrected chi connectivity index (χ3v) is 4.64. The van der Waals surface area contributed by atoms with E-state index in [1.165, 1.54) is 31.2 Å². The second-order valence-corrected chi connectivity index (χ2v) is 6.58. The maximum atomic E-state index is 6.10. The van der Waals surface area contributed by atoms with Crippen LogP contribution < -0.4 is 5.32 Å². The van der Waals surface area contributed by atoms with Crippen molar-refractivity contribution in [3.8, 4) is 0 Å². The first-order valence-corrected chi connectivity index (χ1v) is 8.25. The summed E-state index contributed by atoms with van der Waals surface area (Å²) >= 11 is 12.2. The van der Waals surface area contributed by atoms with Crippen LogP contribution in [0.3, 0.4) is 0 Å². The van der Waals surface area contributed by atoms with E-state index in [4.69, 9.17) is 23.2 Å². The minimum atomic E-state index is 0.440. The zero-order chi connectivity index (χ0) is 14.7. The van der Waals surface area contributed by atoms with E-state index in [0.717, 1.165) is 5.69 Å². The molecule has 110 valence electrons. The van der Waals surface area contributed by atoms with Crippen LogP contribution in [0.2, 0.25) is 10.0 Å². The van der Waals surface area contributed by atoms with Crippen molar-refractivity contribution in [2.45, 2.75) is 37.6 Å². The summed E-state index contributed by atoms with van der Waals surface area (Å²) < 4.78 is 0. The van der Waals surface area contributed by atoms with Gasteiger partial charge in [-0.25, -0.2) is 0 Å². The van der Waals surface area contributed by atoms with Crippen LogP contribution in [0.1, 0.15) is 37.2 Å². The molecule has 2 unspecified atom stereocenters. The third kappa shape index (κ3) is 3.72. The van der Waals surface area contributed by atoms with Gasteiger partial charge in [0.05, 0.1) is 0 Å². The summed E-state index contributed by atoms with van der Waals surface area (Å²) in [5.74, 6) is 0.553. The summed E-state index contributed by atoms with van der Waals surface area (Å²) in [6, 6.07) is 16.9. The maximum Gasteiger partial charge on any atom is 0.0441 e. The lowest BCUT2D eigenvalue weighted by Gasteiger charge is -2.33. The van der Waals surface area contributed by atoms with Crippen molar-refractivity contribution in [2.24, 2.45) is 0 Å². The summed E-state index contributed by atoms with van der Waals surface area (Å²) in [7, 11) is 0. The van der Waals surface area contributed by atoms with Gasteiger partial charge in [0.1, 0.15) is 0 Å². The molecular formula is C18H19Cl2N. The molecule has 0 spiro atoms. The van der Waals surface area contributed by atoms with Gasteiger partial charge in [-0.1, -0.05) is 66.4 Å². The van der Waals surface area contributed by atoms with Gasteiger partial charge in [0.15, 0.2) is 0 Å². The van der Waals surface area contributed by atoms with Crippen LogP contribution in [0.4, 0.5) is 5.69 Å². The van der Waals surface area contributed by atoms with E-state index in [2.05, 4.69) is 35.6 Å². The molecule has 0 heterocycles. The van der Waals surface area contributed by atoms with Crippen LogP contribution in [-0.2, 0) is 0 Å². The first-order valence-electron chi connectivity index (χ1n) is 7.50.